The van der Waals surface area contributed by atoms with Gasteiger partial charge in [0.15, 0.2) is 0 Å². The summed E-state index contributed by atoms with van der Waals surface area (Å²) >= 11 is 0. The standard InChI is InChI=1S/C13H19NO/c1-3-4-5-11-9-14-12-8-10(2)6-7-13(12)15-11/h6-8,11,14H,3-5,9H2,1-2H3. The number of benzene rings is 1. The summed E-state index contributed by atoms with van der Waals surface area (Å²) in [6.45, 7) is 5.26. The molecule has 82 valence electrons. The summed E-state index contributed by atoms with van der Waals surface area (Å²) in [6.07, 6.45) is 3.98. The molecule has 15 heavy (non-hydrogen) atoms. The normalized spacial score (nSPS) is 18.9. The van der Waals surface area contributed by atoms with Crippen molar-refractivity contribution in [3.05, 3.63) is 23.8 Å². The van der Waals surface area contributed by atoms with Gasteiger partial charge in [-0.25, -0.2) is 0 Å². The summed E-state index contributed by atoms with van der Waals surface area (Å²) in [6, 6.07) is 6.31. The smallest absolute Gasteiger partial charge is 0.142 e. The van der Waals surface area contributed by atoms with Crippen LogP contribution in [0, 0.1) is 6.92 Å². The van der Waals surface area contributed by atoms with E-state index < -0.39 is 0 Å². The van der Waals surface area contributed by atoms with Gasteiger partial charge in [0, 0.05) is 0 Å². The fourth-order valence-corrected chi connectivity index (χ4v) is 1.92. The van der Waals surface area contributed by atoms with E-state index >= 15 is 0 Å². The monoisotopic (exact) mass is 205 g/mol. The summed E-state index contributed by atoms with van der Waals surface area (Å²) in [5.41, 5.74) is 2.42. The molecule has 1 aromatic rings. The Morgan fingerprint density at radius 3 is 3.13 bits per heavy atom. The van der Waals surface area contributed by atoms with E-state index in [1.165, 1.54) is 18.4 Å². The van der Waals surface area contributed by atoms with Crippen LogP contribution in [0.1, 0.15) is 31.7 Å². The molecule has 1 heterocycles. The Bertz CT molecular complexity index is 335. The SMILES string of the molecule is CCCCC1CNc2cc(C)ccc2O1. The van der Waals surface area contributed by atoms with Crippen LogP contribution in [-0.2, 0) is 0 Å². The van der Waals surface area contributed by atoms with Crippen molar-refractivity contribution in [1.82, 2.24) is 0 Å². The van der Waals surface area contributed by atoms with Crippen LogP contribution in [0.4, 0.5) is 5.69 Å². The van der Waals surface area contributed by atoms with Crippen LogP contribution < -0.4 is 10.1 Å². The molecular weight excluding hydrogens is 186 g/mol. The first kappa shape index (κ1) is 10.3. The molecule has 0 saturated carbocycles. The second kappa shape index (κ2) is 4.56. The molecule has 0 bridgehead atoms. The molecule has 0 amide bonds. The zero-order chi connectivity index (χ0) is 10.7. The van der Waals surface area contributed by atoms with Crippen LogP contribution in [0.3, 0.4) is 0 Å². The number of ether oxygens (including phenoxy) is 1. The first-order valence-corrected chi connectivity index (χ1v) is 5.81. The predicted molar refractivity (Wildman–Crippen MR) is 63.6 cm³/mol. The largest absolute Gasteiger partial charge is 0.486 e. The number of anilines is 1. The summed E-state index contributed by atoms with van der Waals surface area (Å²) in [7, 11) is 0. The lowest BCUT2D eigenvalue weighted by Gasteiger charge is -2.27. The van der Waals surface area contributed by atoms with Gasteiger partial charge in [-0.2, -0.15) is 0 Å². The Morgan fingerprint density at radius 2 is 2.33 bits per heavy atom. The van der Waals surface area contributed by atoms with E-state index in [4.69, 9.17) is 4.74 Å². The van der Waals surface area contributed by atoms with E-state index in [2.05, 4.69) is 37.4 Å². The molecule has 1 unspecified atom stereocenters. The maximum Gasteiger partial charge on any atom is 0.142 e. The molecule has 0 saturated heterocycles. The zero-order valence-corrected chi connectivity index (χ0v) is 9.55. The Hall–Kier alpha value is -1.18. The molecule has 1 atom stereocenters. The minimum absolute atomic E-state index is 0.347. The molecule has 1 aliphatic heterocycles. The van der Waals surface area contributed by atoms with E-state index in [1.807, 2.05) is 0 Å². The molecule has 1 aliphatic rings. The molecule has 0 radical (unpaired) electrons. The van der Waals surface area contributed by atoms with Gasteiger partial charge >= 0.3 is 0 Å². The summed E-state index contributed by atoms with van der Waals surface area (Å²) < 4.78 is 5.93. The lowest BCUT2D eigenvalue weighted by atomic mass is 10.1. The average molecular weight is 205 g/mol. The van der Waals surface area contributed by atoms with Gasteiger partial charge in [0.1, 0.15) is 11.9 Å². The highest BCUT2D eigenvalue weighted by Gasteiger charge is 2.18. The number of aryl methyl sites for hydroxylation is 1. The average Bonchev–Trinajstić information content (AvgIpc) is 2.26. The second-order valence-electron chi connectivity index (χ2n) is 4.26. The van der Waals surface area contributed by atoms with Crippen molar-refractivity contribution in [2.45, 2.75) is 39.2 Å². The van der Waals surface area contributed by atoms with Crippen molar-refractivity contribution in [2.75, 3.05) is 11.9 Å². The Kier molecular flexibility index (Phi) is 3.14. The minimum atomic E-state index is 0.347. The van der Waals surface area contributed by atoms with Crippen LogP contribution in [0.15, 0.2) is 18.2 Å². The third-order valence-electron chi connectivity index (χ3n) is 2.83. The highest BCUT2D eigenvalue weighted by Crippen LogP contribution is 2.30. The maximum absolute atomic E-state index is 5.93. The van der Waals surface area contributed by atoms with Crippen LogP contribution in [0.2, 0.25) is 0 Å². The van der Waals surface area contributed by atoms with Gasteiger partial charge in [-0.05, 0) is 37.5 Å². The van der Waals surface area contributed by atoms with Crippen molar-refractivity contribution in [3.63, 3.8) is 0 Å². The Labute approximate surface area is 91.6 Å². The van der Waals surface area contributed by atoms with Crippen molar-refractivity contribution < 1.29 is 4.74 Å². The number of nitrogens with one attached hydrogen (secondary N) is 1. The number of hydrogen-bond acceptors (Lipinski definition) is 2. The molecule has 0 aliphatic carbocycles. The van der Waals surface area contributed by atoms with Crippen LogP contribution in [0.5, 0.6) is 5.75 Å². The van der Waals surface area contributed by atoms with Crippen molar-refractivity contribution in [1.29, 1.82) is 0 Å². The fraction of sp³-hybridized carbons (Fsp3) is 0.538. The lowest BCUT2D eigenvalue weighted by Crippen LogP contribution is -2.30. The van der Waals surface area contributed by atoms with E-state index in [0.29, 0.717) is 6.10 Å². The molecule has 1 N–H and O–H groups in total. The maximum atomic E-state index is 5.93. The van der Waals surface area contributed by atoms with Crippen molar-refractivity contribution in [2.24, 2.45) is 0 Å². The third-order valence-corrected chi connectivity index (χ3v) is 2.83. The molecule has 2 nitrogen and oxygen atoms in total. The molecule has 0 fully saturated rings. The highest BCUT2D eigenvalue weighted by molar-refractivity contribution is 5.59. The van der Waals surface area contributed by atoms with Gasteiger partial charge in [0.25, 0.3) is 0 Å². The van der Waals surface area contributed by atoms with Gasteiger partial charge in [-0.15, -0.1) is 0 Å². The number of unbranched alkanes of at least 4 members (excludes halogenated alkanes) is 1. The molecular formula is C13H19NO. The molecule has 2 rings (SSSR count). The van der Waals surface area contributed by atoms with Gasteiger partial charge in [-0.1, -0.05) is 19.4 Å². The van der Waals surface area contributed by atoms with Crippen LogP contribution in [-0.4, -0.2) is 12.6 Å². The minimum Gasteiger partial charge on any atom is -0.486 e. The zero-order valence-electron chi connectivity index (χ0n) is 9.55. The summed E-state index contributed by atoms with van der Waals surface area (Å²) in [4.78, 5) is 0. The van der Waals surface area contributed by atoms with E-state index in [0.717, 1.165) is 24.4 Å². The van der Waals surface area contributed by atoms with Crippen molar-refractivity contribution in [3.8, 4) is 5.75 Å². The molecule has 1 aromatic carbocycles. The molecule has 0 spiro atoms. The third kappa shape index (κ3) is 2.44. The van der Waals surface area contributed by atoms with Crippen LogP contribution >= 0.6 is 0 Å². The number of rotatable bonds is 3. The first-order chi connectivity index (χ1) is 7.29. The van der Waals surface area contributed by atoms with E-state index in [1.54, 1.807) is 0 Å². The Morgan fingerprint density at radius 1 is 1.47 bits per heavy atom. The number of hydrogen-bond donors (Lipinski definition) is 1. The first-order valence-electron chi connectivity index (χ1n) is 5.81. The highest BCUT2D eigenvalue weighted by atomic mass is 16.5. The lowest BCUT2D eigenvalue weighted by molar-refractivity contribution is 0.192. The second-order valence-corrected chi connectivity index (χ2v) is 4.26. The van der Waals surface area contributed by atoms with Gasteiger partial charge < -0.3 is 10.1 Å². The van der Waals surface area contributed by atoms with Gasteiger partial charge in [0.2, 0.25) is 0 Å². The fourth-order valence-electron chi connectivity index (χ4n) is 1.92. The molecule has 0 aromatic heterocycles. The quantitative estimate of drug-likeness (QED) is 0.817. The Balaban J connectivity index is 2.03. The van der Waals surface area contributed by atoms with Crippen LogP contribution in [0.25, 0.3) is 0 Å². The predicted octanol–water partition coefficient (Wildman–Crippen LogP) is 3.36. The summed E-state index contributed by atoms with van der Waals surface area (Å²) in [5.74, 6) is 1.01. The van der Waals surface area contributed by atoms with Gasteiger partial charge in [0.05, 0.1) is 12.2 Å². The van der Waals surface area contributed by atoms with E-state index in [9.17, 15) is 0 Å². The van der Waals surface area contributed by atoms with E-state index in [-0.39, 0.29) is 0 Å². The molecule has 2 heteroatoms. The summed E-state index contributed by atoms with van der Waals surface area (Å²) in [5, 5.41) is 3.44. The topological polar surface area (TPSA) is 21.3 Å². The number of fused-ring (bicyclic) bond motifs is 1. The van der Waals surface area contributed by atoms with Crippen molar-refractivity contribution >= 4 is 5.69 Å². The van der Waals surface area contributed by atoms with Gasteiger partial charge in [-0.3, -0.25) is 0 Å².